The van der Waals surface area contributed by atoms with Crippen LogP contribution in [0.1, 0.15) is 22.6 Å². The Hall–Kier alpha value is -2.80. The van der Waals surface area contributed by atoms with E-state index in [4.69, 9.17) is 0 Å². The van der Waals surface area contributed by atoms with E-state index in [1.807, 2.05) is 36.4 Å². The molecule has 0 heterocycles. The zero-order chi connectivity index (χ0) is 15.2. The van der Waals surface area contributed by atoms with E-state index in [2.05, 4.69) is 48.6 Å². The molecule has 3 aromatic rings. The molecule has 1 heteroatoms. The van der Waals surface area contributed by atoms with E-state index in [1.54, 1.807) is 12.1 Å². The molecule has 1 nitrogen and oxygen atoms in total. The topological polar surface area (TPSA) is 20.2 Å². The summed E-state index contributed by atoms with van der Waals surface area (Å²) in [7, 11) is 0. The van der Waals surface area contributed by atoms with Crippen molar-refractivity contribution in [1.82, 2.24) is 0 Å². The Balaban J connectivity index is 1.96. The van der Waals surface area contributed by atoms with Gasteiger partial charge >= 0.3 is 0 Å². The normalized spacial score (nSPS) is 12.4. The summed E-state index contributed by atoms with van der Waals surface area (Å²) >= 11 is 0. The molecule has 0 radical (unpaired) electrons. The minimum atomic E-state index is 0.169. The fourth-order valence-corrected chi connectivity index (χ4v) is 2.53. The predicted octanol–water partition coefficient (Wildman–Crippen LogP) is 5.24. The number of rotatable bonds is 4. The van der Waals surface area contributed by atoms with Crippen LogP contribution < -0.4 is 0 Å². The van der Waals surface area contributed by atoms with Crippen LogP contribution in [0.3, 0.4) is 0 Å². The first-order valence-corrected chi connectivity index (χ1v) is 7.40. The molecule has 3 aromatic carbocycles. The van der Waals surface area contributed by atoms with Crippen LogP contribution in [-0.4, -0.2) is 5.11 Å². The highest BCUT2D eigenvalue weighted by Crippen LogP contribution is 2.28. The summed E-state index contributed by atoms with van der Waals surface area (Å²) in [5.41, 5.74) is 3.58. The Kier molecular flexibility index (Phi) is 4.35. The van der Waals surface area contributed by atoms with Crippen LogP contribution >= 0.6 is 0 Å². The highest BCUT2D eigenvalue weighted by Gasteiger charge is 2.10. The third kappa shape index (κ3) is 3.44. The van der Waals surface area contributed by atoms with E-state index < -0.39 is 0 Å². The van der Waals surface area contributed by atoms with E-state index in [9.17, 15) is 5.11 Å². The van der Waals surface area contributed by atoms with Crippen LogP contribution in [0.2, 0.25) is 0 Å². The third-order valence-corrected chi connectivity index (χ3v) is 3.69. The summed E-state index contributed by atoms with van der Waals surface area (Å²) in [4.78, 5) is 0. The van der Waals surface area contributed by atoms with Crippen LogP contribution in [0.4, 0.5) is 0 Å². The van der Waals surface area contributed by atoms with Gasteiger partial charge in [0.2, 0.25) is 0 Å². The van der Waals surface area contributed by atoms with Crippen molar-refractivity contribution in [1.29, 1.82) is 0 Å². The van der Waals surface area contributed by atoms with Crippen LogP contribution in [0.15, 0.2) is 91.0 Å². The Labute approximate surface area is 131 Å². The lowest BCUT2D eigenvalue weighted by atomic mass is 9.90. The number of allylic oxidation sites excluding steroid dienone is 1. The van der Waals surface area contributed by atoms with Crippen molar-refractivity contribution in [3.63, 3.8) is 0 Å². The van der Waals surface area contributed by atoms with Gasteiger partial charge in [-0.3, -0.25) is 0 Å². The Bertz CT molecular complexity index is 728. The van der Waals surface area contributed by atoms with Crippen molar-refractivity contribution < 1.29 is 5.11 Å². The van der Waals surface area contributed by atoms with E-state index in [-0.39, 0.29) is 5.92 Å². The molecular weight excluding hydrogens is 268 g/mol. The van der Waals surface area contributed by atoms with Gasteiger partial charge in [0.05, 0.1) is 0 Å². The molecule has 0 fully saturated rings. The Morgan fingerprint density at radius 2 is 1.18 bits per heavy atom. The molecule has 1 unspecified atom stereocenters. The van der Waals surface area contributed by atoms with Crippen LogP contribution in [0.5, 0.6) is 5.75 Å². The standard InChI is InChI=1S/C21H18O/c22-20-14-12-19(13-15-20)21(18-9-5-2-6-10-18)16-11-17-7-3-1-4-8-17/h1-16,21-22H/b16-11+. The Morgan fingerprint density at radius 3 is 1.82 bits per heavy atom. The second kappa shape index (κ2) is 6.77. The smallest absolute Gasteiger partial charge is 0.115 e. The summed E-state index contributed by atoms with van der Waals surface area (Å²) in [6, 6.07) is 28.1. The fourth-order valence-electron chi connectivity index (χ4n) is 2.53. The van der Waals surface area contributed by atoms with Gasteiger partial charge in [-0.05, 0) is 28.8 Å². The average molecular weight is 286 g/mol. The maximum Gasteiger partial charge on any atom is 0.115 e. The zero-order valence-electron chi connectivity index (χ0n) is 12.3. The first-order valence-electron chi connectivity index (χ1n) is 7.40. The zero-order valence-corrected chi connectivity index (χ0v) is 12.3. The number of phenolic OH excluding ortho intramolecular Hbond substituents is 1. The first kappa shape index (κ1) is 14.2. The van der Waals surface area contributed by atoms with Crippen molar-refractivity contribution in [2.24, 2.45) is 0 Å². The summed E-state index contributed by atoms with van der Waals surface area (Å²) in [5, 5.41) is 9.50. The van der Waals surface area contributed by atoms with Gasteiger partial charge < -0.3 is 5.11 Å². The van der Waals surface area contributed by atoms with Gasteiger partial charge in [0, 0.05) is 5.92 Å². The minimum absolute atomic E-state index is 0.169. The van der Waals surface area contributed by atoms with E-state index in [0.717, 1.165) is 5.56 Å². The number of aromatic hydroxyl groups is 1. The van der Waals surface area contributed by atoms with Crippen molar-refractivity contribution in [3.05, 3.63) is 108 Å². The second-order valence-electron chi connectivity index (χ2n) is 5.25. The van der Waals surface area contributed by atoms with Gasteiger partial charge in [-0.15, -0.1) is 0 Å². The summed E-state index contributed by atoms with van der Waals surface area (Å²) in [5.74, 6) is 0.463. The average Bonchev–Trinajstić information content (AvgIpc) is 2.58. The molecule has 108 valence electrons. The van der Waals surface area contributed by atoms with Gasteiger partial charge in [0.25, 0.3) is 0 Å². The van der Waals surface area contributed by atoms with Crippen molar-refractivity contribution >= 4 is 6.08 Å². The molecule has 1 N–H and O–H groups in total. The van der Waals surface area contributed by atoms with Crippen LogP contribution in [-0.2, 0) is 0 Å². The lowest BCUT2D eigenvalue weighted by molar-refractivity contribution is 0.475. The number of hydrogen-bond acceptors (Lipinski definition) is 1. The van der Waals surface area contributed by atoms with Gasteiger partial charge in [-0.25, -0.2) is 0 Å². The molecule has 3 rings (SSSR count). The molecule has 0 saturated carbocycles. The van der Waals surface area contributed by atoms with Gasteiger partial charge in [0.1, 0.15) is 5.75 Å². The molecule has 0 saturated heterocycles. The largest absolute Gasteiger partial charge is 0.508 e. The summed E-state index contributed by atoms with van der Waals surface area (Å²) in [6.45, 7) is 0. The molecule has 22 heavy (non-hydrogen) atoms. The Morgan fingerprint density at radius 1 is 0.636 bits per heavy atom. The predicted molar refractivity (Wildman–Crippen MR) is 91.9 cm³/mol. The van der Waals surface area contributed by atoms with Crippen LogP contribution in [0, 0.1) is 0 Å². The monoisotopic (exact) mass is 286 g/mol. The van der Waals surface area contributed by atoms with Gasteiger partial charge in [-0.2, -0.15) is 0 Å². The maximum absolute atomic E-state index is 9.50. The van der Waals surface area contributed by atoms with E-state index in [0.29, 0.717) is 5.75 Å². The van der Waals surface area contributed by atoms with Crippen molar-refractivity contribution in [3.8, 4) is 5.75 Å². The maximum atomic E-state index is 9.50. The number of hydrogen-bond donors (Lipinski definition) is 1. The SMILES string of the molecule is Oc1ccc(C(/C=C/c2ccccc2)c2ccccc2)cc1. The molecule has 0 aliphatic heterocycles. The molecule has 0 bridgehead atoms. The fraction of sp³-hybridized carbons (Fsp3) is 0.0476. The highest BCUT2D eigenvalue weighted by molar-refractivity contribution is 5.53. The lowest BCUT2D eigenvalue weighted by Crippen LogP contribution is -1.97. The molecule has 0 aromatic heterocycles. The van der Waals surface area contributed by atoms with Gasteiger partial charge in [-0.1, -0.05) is 84.9 Å². The third-order valence-electron chi connectivity index (χ3n) is 3.69. The second-order valence-corrected chi connectivity index (χ2v) is 5.25. The van der Waals surface area contributed by atoms with Gasteiger partial charge in [0.15, 0.2) is 0 Å². The van der Waals surface area contributed by atoms with E-state index >= 15 is 0 Å². The first-order chi connectivity index (χ1) is 10.8. The summed E-state index contributed by atoms with van der Waals surface area (Å²) < 4.78 is 0. The highest BCUT2D eigenvalue weighted by atomic mass is 16.3. The number of benzene rings is 3. The molecule has 1 atom stereocenters. The quantitative estimate of drug-likeness (QED) is 0.695. The molecular formula is C21H18O. The lowest BCUT2D eigenvalue weighted by Gasteiger charge is -2.14. The minimum Gasteiger partial charge on any atom is -0.508 e. The molecule has 0 amide bonds. The molecule has 0 aliphatic carbocycles. The number of phenols is 1. The molecule has 0 aliphatic rings. The van der Waals surface area contributed by atoms with Crippen molar-refractivity contribution in [2.75, 3.05) is 0 Å². The summed E-state index contributed by atoms with van der Waals surface area (Å²) in [6.07, 6.45) is 4.35. The molecule has 0 spiro atoms. The van der Waals surface area contributed by atoms with Crippen molar-refractivity contribution in [2.45, 2.75) is 5.92 Å². The van der Waals surface area contributed by atoms with E-state index in [1.165, 1.54) is 11.1 Å². The van der Waals surface area contributed by atoms with Crippen LogP contribution in [0.25, 0.3) is 6.08 Å².